The number of carbonyl (C=O) groups is 3. The molecule has 2 aromatic rings. The maximum atomic E-state index is 12.8. The second-order valence-electron chi connectivity index (χ2n) is 6.08. The van der Waals surface area contributed by atoms with Gasteiger partial charge in [0, 0.05) is 23.1 Å². The van der Waals surface area contributed by atoms with Gasteiger partial charge in [-0.1, -0.05) is 50.2 Å². The van der Waals surface area contributed by atoms with E-state index in [1.165, 1.54) is 0 Å². The van der Waals surface area contributed by atoms with Crippen LogP contribution >= 0.6 is 0 Å². The average Bonchev–Trinajstić information content (AvgIpc) is 2.51. The molecule has 0 saturated carbocycles. The number of anilines is 1. The number of amides is 1. The fourth-order valence-electron chi connectivity index (χ4n) is 2.82. The summed E-state index contributed by atoms with van der Waals surface area (Å²) >= 11 is 0. The molecule has 0 atom stereocenters. The molecule has 2 aromatic carbocycles. The molecule has 0 aliphatic heterocycles. The fraction of sp³-hybridized carbons (Fsp3) is 0.211. The largest absolute Gasteiger partial charge is 0.325 e. The number of hydrogen-bond donors (Lipinski definition) is 1. The van der Waals surface area contributed by atoms with Gasteiger partial charge < -0.3 is 5.32 Å². The molecule has 0 aromatic heterocycles. The van der Waals surface area contributed by atoms with Gasteiger partial charge in [0.25, 0.3) is 0 Å². The quantitative estimate of drug-likeness (QED) is 0.806. The van der Waals surface area contributed by atoms with Crippen LogP contribution in [0.1, 0.15) is 52.1 Å². The standard InChI is InChI=1S/C19H17NO3/c1-11(2)10-16(21)20-15-9-5-8-14-17(15)19(23)13-7-4-3-6-12(13)18(14)22/h3-9,11H,10H2,1-2H3,(H,20,21). The van der Waals surface area contributed by atoms with Crippen LogP contribution in [0.3, 0.4) is 0 Å². The van der Waals surface area contributed by atoms with Gasteiger partial charge in [0.1, 0.15) is 0 Å². The molecule has 4 nitrogen and oxygen atoms in total. The van der Waals surface area contributed by atoms with Crippen molar-refractivity contribution in [3.8, 4) is 0 Å². The van der Waals surface area contributed by atoms with Crippen molar-refractivity contribution in [1.29, 1.82) is 0 Å². The SMILES string of the molecule is CC(C)CC(=O)Nc1cccc2c1C(=O)c1ccccc1C2=O. The predicted octanol–water partition coefficient (Wildman–Crippen LogP) is 3.45. The molecule has 1 aliphatic carbocycles. The fourth-order valence-corrected chi connectivity index (χ4v) is 2.82. The van der Waals surface area contributed by atoms with Crippen molar-refractivity contribution in [2.24, 2.45) is 5.92 Å². The van der Waals surface area contributed by atoms with E-state index in [0.717, 1.165) is 0 Å². The van der Waals surface area contributed by atoms with E-state index < -0.39 is 0 Å². The highest BCUT2D eigenvalue weighted by molar-refractivity contribution is 6.30. The molecular weight excluding hydrogens is 290 g/mol. The predicted molar refractivity (Wildman–Crippen MR) is 87.8 cm³/mol. The topological polar surface area (TPSA) is 63.2 Å². The van der Waals surface area contributed by atoms with Crippen LogP contribution in [0.15, 0.2) is 42.5 Å². The summed E-state index contributed by atoms with van der Waals surface area (Å²) in [4.78, 5) is 37.4. The molecular formula is C19H17NO3. The summed E-state index contributed by atoms with van der Waals surface area (Å²) in [6.07, 6.45) is 0.363. The van der Waals surface area contributed by atoms with E-state index in [0.29, 0.717) is 28.8 Å². The molecule has 0 unspecified atom stereocenters. The molecule has 3 rings (SSSR count). The van der Waals surface area contributed by atoms with Crippen LogP contribution < -0.4 is 5.32 Å². The Morgan fingerprint density at radius 2 is 1.52 bits per heavy atom. The zero-order valence-electron chi connectivity index (χ0n) is 13.1. The second kappa shape index (κ2) is 5.80. The van der Waals surface area contributed by atoms with Gasteiger partial charge in [0.15, 0.2) is 11.6 Å². The zero-order valence-corrected chi connectivity index (χ0v) is 13.1. The van der Waals surface area contributed by atoms with Crippen molar-refractivity contribution in [2.45, 2.75) is 20.3 Å². The third-order valence-electron chi connectivity index (χ3n) is 3.82. The molecule has 0 saturated heterocycles. The van der Waals surface area contributed by atoms with Gasteiger partial charge in [0.2, 0.25) is 5.91 Å². The molecule has 1 aliphatic rings. The number of fused-ring (bicyclic) bond motifs is 2. The van der Waals surface area contributed by atoms with E-state index in [1.807, 2.05) is 13.8 Å². The minimum absolute atomic E-state index is 0.160. The Kier molecular flexibility index (Phi) is 3.82. The summed E-state index contributed by atoms with van der Waals surface area (Å²) in [5.41, 5.74) is 1.83. The zero-order chi connectivity index (χ0) is 16.6. The molecule has 0 heterocycles. The monoisotopic (exact) mass is 307 g/mol. The Bertz CT molecular complexity index is 821. The Morgan fingerprint density at radius 3 is 2.17 bits per heavy atom. The smallest absolute Gasteiger partial charge is 0.224 e. The first-order valence-electron chi connectivity index (χ1n) is 7.60. The third kappa shape index (κ3) is 2.68. The lowest BCUT2D eigenvalue weighted by Crippen LogP contribution is -2.24. The summed E-state index contributed by atoms with van der Waals surface area (Å²) in [5.74, 6) is -0.356. The number of rotatable bonds is 3. The van der Waals surface area contributed by atoms with E-state index in [-0.39, 0.29) is 29.0 Å². The molecule has 1 amide bonds. The van der Waals surface area contributed by atoms with Crippen LogP contribution in [-0.2, 0) is 4.79 Å². The van der Waals surface area contributed by atoms with Crippen molar-refractivity contribution < 1.29 is 14.4 Å². The van der Waals surface area contributed by atoms with Gasteiger partial charge in [-0.3, -0.25) is 14.4 Å². The van der Waals surface area contributed by atoms with Gasteiger partial charge >= 0.3 is 0 Å². The lowest BCUT2D eigenvalue weighted by atomic mass is 9.83. The lowest BCUT2D eigenvalue weighted by Gasteiger charge is -2.20. The first-order chi connectivity index (χ1) is 11.0. The Labute approximate surface area is 134 Å². The molecule has 23 heavy (non-hydrogen) atoms. The second-order valence-corrected chi connectivity index (χ2v) is 6.08. The van der Waals surface area contributed by atoms with Crippen molar-refractivity contribution in [3.63, 3.8) is 0 Å². The molecule has 116 valence electrons. The Balaban J connectivity index is 2.06. The van der Waals surface area contributed by atoms with Crippen LogP contribution in [0, 0.1) is 5.92 Å². The third-order valence-corrected chi connectivity index (χ3v) is 3.82. The summed E-state index contributed by atoms with van der Waals surface area (Å²) in [7, 11) is 0. The first kappa shape index (κ1) is 15.2. The normalized spacial score (nSPS) is 12.8. The molecule has 1 N–H and O–H groups in total. The highest BCUT2D eigenvalue weighted by Gasteiger charge is 2.31. The highest BCUT2D eigenvalue weighted by Crippen LogP contribution is 2.32. The Morgan fingerprint density at radius 1 is 0.913 bits per heavy atom. The van der Waals surface area contributed by atoms with Crippen molar-refractivity contribution in [1.82, 2.24) is 0 Å². The summed E-state index contributed by atoms with van der Waals surface area (Å²) in [6.45, 7) is 3.90. The number of ketones is 2. The van der Waals surface area contributed by atoms with Crippen molar-refractivity contribution >= 4 is 23.2 Å². The van der Waals surface area contributed by atoms with E-state index in [9.17, 15) is 14.4 Å². The first-order valence-corrected chi connectivity index (χ1v) is 7.60. The molecule has 0 bridgehead atoms. The summed E-state index contributed by atoms with van der Waals surface area (Å²) in [5, 5.41) is 2.77. The van der Waals surface area contributed by atoms with Gasteiger partial charge in [-0.25, -0.2) is 0 Å². The lowest BCUT2D eigenvalue weighted by molar-refractivity contribution is -0.116. The molecule has 0 fully saturated rings. The van der Waals surface area contributed by atoms with Gasteiger partial charge in [-0.05, 0) is 12.0 Å². The Hall–Kier alpha value is -2.75. The van der Waals surface area contributed by atoms with Crippen LogP contribution in [0.4, 0.5) is 5.69 Å². The van der Waals surface area contributed by atoms with Crippen molar-refractivity contribution in [3.05, 3.63) is 64.7 Å². The average molecular weight is 307 g/mol. The number of hydrogen-bond acceptors (Lipinski definition) is 3. The van der Waals surface area contributed by atoms with E-state index in [2.05, 4.69) is 5.32 Å². The van der Waals surface area contributed by atoms with E-state index >= 15 is 0 Å². The summed E-state index contributed by atoms with van der Waals surface area (Å²) in [6, 6.07) is 11.7. The van der Waals surface area contributed by atoms with Gasteiger partial charge in [0.05, 0.1) is 11.3 Å². The maximum absolute atomic E-state index is 12.8. The minimum atomic E-state index is -0.226. The maximum Gasteiger partial charge on any atom is 0.224 e. The number of carbonyl (C=O) groups excluding carboxylic acids is 3. The van der Waals surface area contributed by atoms with Crippen LogP contribution in [0.5, 0.6) is 0 Å². The van der Waals surface area contributed by atoms with Gasteiger partial charge in [-0.2, -0.15) is 0 Å². The number of benzene rings is 2. The van der Waals surface area contributed by atoms with Crippen LogP contribution in [0.25, 0.3) is 0 Å². The molecule has 4 heteroatoms. The molecule has 0 radical (unpaired) electrons. The minimum Gasteiger partial charge on any atom is -0.325 e. The molecule has 0 spiro atoms. The van der Waals surface area contributed by atoms with E-state index in [1.54, 1.807) is 42.5 Å². The number of nitrogens with one attached hydrogen (secondary N) is 1. The highest BCUT2D eigenvalue weighted by atomic mass is 16.2. The van der Waals surface area contributed by atoms with Crippen LogP contribution in [-0.4, -0.2) is 17.5 Å². The van der Waals surface area contributed by atoms with E-state index in [4.69, 9.17) is 0 Å². The summed E-state index contributed by atoms with van der Waals surface area (Å²) < 4.78 is 0. The van der Waals surface area contributed by atoms with Gasteiger partial charge in [-0.15, -0.1) is 0 Å². The van der Waals surface area contributed by atoms with Crippen LogP contribution in [0.2, 0.25) is 0 Å². The van der Waals surface area contributed by atoms with Crippen molar-refractivity contribution in [2.75, 3.05) is 5.32 Å².